The number of aromatic amines is 1. The number of aryl methyl sites for hydroxylation is 1. The summed E-state index contributed by atoms with van der Waals surface area (Å²) in [5.41, 5.74) is 1.48. The van der Waals surface area contributed by atoms with Crippen LogP contribution in [0.3, 0.4) is 0 Å². The van der Waals surface area contributed by atoms with Crippen molar-refractivity contribution in [3.8, 4) is 11.5 Å². The molecular weight excluding hydrogens is 235 g/mol. The van der Waals surface area contributed by atoms with Gasteiger partial charge in [0.2, 0.25) is 0 Å². The zero-order chi connectivity index (χ0) is 12.7. The lowest BCUT2D eigenvalue weighted by molar-refractivity contribution is 0.617. The summed E-state index contributed by atoms with van der Waals surface area (Å²) in [6, 6.07) is 5.97. The monoisotopic (exact) mass is 244 g/mol. The summed E-state index contributed by atoms with van der Waals surface area (Å²) >= 11 is 0. The molecule has 18 heavy (non-hydrogen) atoms. The highest BCUT2D eigenvalue weighted by atomic mass is 19.1. The van der Waals surface area contributed by atoms with Gasteiger partial charge in [-0.05, 0) is 36.8 Å². The smallest absolute Gasteiger partial charge is 0.345 e. The molecule has 2 heterocycles. The van der Waals surface area contributed by atoms with Crippen molar-refractivity contribution >= 4 is 11.0 Å². The SMILES string of the molecule is Cc1cnc(=O)[nH]c1-c1cc2cc(F)ccc2o1. The van der Waals surface area contributed by atoms with Gasteiger partial charge in [-0.3, -0.25) is 0 Å². The van der Waals surface area contributed by atoms with Crippen molar-refractivity contribution < 1.29 is 8.81 Å². The maximum Gasteiger partial charge on any atom is 0.345 e. The zero-order valence-electron chi connectivity index (χ0n) is 9.53. The van der Waals surface area contributed by atoms with Gasteiger partial charge in [0, 0.05) is 11.6 Å². The number of nitrogens with zero attached hydrogens (tertiary/aromatic N) is 1. The molecule has 3 rings (SSSR count). The second-order valence-corrected chi connectivity index (χ2v) is 4.04. The number of nitrogens with one attached hydrogen (secondary N) is 1. The molecule has 1 N–H and O–H groups in total. The molecule has 0 unspecified atom stereocenters. The minimum Gasteiger partial charge on any atom is -0.455 e. The summed E-state index contributed by atoms with van der Waals surface area (Å²) in [5, 5.41) is 0.655. The number of aromatic nitrogens is 2. The molecule has 0 aliphatic heterocycles. The van der Waals surface area contributed by atoms with Gasteiger partial charge < -0.3 is 9.40 Å². The number of furan rings is 1. The van der Waals surface area contributed by atoms with Gasteiger partial charge in [-0.2, -0.15) is 0 Å². The highest BCUT2D eigenvalue weighted by molar-refractivity contribution is 5.82. The van der Waals surface area contributed by atoms with E-state index < -0.39 is 5.69 Å². The summed E-state index contributed by atoms with van der Waals surface area (Å²) in [7, 11) is 0. The van der Waals surface area contributed by atoms with Crippen LogP contribution >= 0.6 is 0 Å². The van der Waals surface area contributed by atoms with Crippen LogP contribution in [-0.2, 0) is 0 Å². The topological polar surface area (TPSA) is 58.9 Å². The molecule has 3 aromatic rings. The lowest BCUT2D eigenvalue weighted by atomic mass is 10.2. The first-order valence-electron chi connectivity index (χ1n) is 5.39. The number of H-pyrrole nitrogens is 1. The Morgan fingerprint density at radius 1 is 1.33 bits per heavy atom. The Kier molecular flexibility index (Phi) is 2.26. The molecule has 1 aromatic carbocycles. The second kappa shape index (κ2) is 3.80. The lowest BCUT2D eigenvalue weighted by Crippen LogP contribution is -2.10. The van der Waals surface area contributed by atoms with E-state index in [1.807, 2.05) is 6.92 Å². The normalized spacial score (nSPS) is 11.0. The Morgan fingerprint density at radius 2 is 2.17 bits per heavy atom. The molecule has 0 amide bonds. The van der Waals surface area contributed by atoms with E-state index in [0.717, 1.165) is 5.56 Å². The molecule has 0 aliphatic carbocycles. The molecule has 0 saturated carbocycles. The van der Waals surface area contributed by atoms with E-state index in [2.05, 4.69) is 9.97 Å². The van der Waals surface area contributed by atoms with Crippen molar-refractivity contribution in [1.29, 1.82) is 0 Å². The third-order valence-corrected chi connectivity index (χ3v) is 2.73. The maximum absolute atomic E-state index is 13.1. The van der Waals surface area contributed by atoms with E-state index in [1.165, 1.54) is 18.3 Å². The lowest BCUT2D eigenvalue weighted by Gasteiger charge is -1.99. The Hall–Kier alpha value is -2.43. The van der Waals surface area contributed by atoms with Crippen molar-refractivity contribution in [3.05, 3.63) is 52.3 Å². The number of hydrogen-bond acceptors (Lipinski definition) is 3. The molecule has 0 radical (unpaired) electrons. The molecule has 0 atom stereocenters. The number of hydrogen-bond donors (Lipinski definition) is 1. The van der Waals surface area contributed by atoms with Crippen LogP contribution in [-0.4, -0.2) is 9.97 Å². The minimum absolute atomic E-state index is 0.324. The Labute approximate surface area is 101 Å². The van der Waals surface area contributed by atoms with E-state index in [1.54, 1.807) is 12.1 Å². The fraction of sp³-hybridized carbons (Fsp3) is 0.0769. The highest BCUT2D eigenvalue weighted by Crippen LogP contribution is 2.27. The van der Waals surface area contributed by atoms with E-state index in [0.29, 0.717) is 22.4 Å². The number of rotatable bonds is 1. The van der Waals surface area contributed by atoms with Crippen LogP contribution in [0.1, 0.15) is 5.56 Å². The molecule has 90 valence electrons. The van der Waals surface area contributed by atoms with Gasteiger partial charge in [0.1, 0.15) is 11.4 Å². The standard InChI is InChI=1S/C13H9FN2O2/c1-7-6-15-13(17)16-12(7)11-5-8-4-9(14)2-3-10(8)18-11/h2-6H,1H3,(H,15,16,17). The molecule has 5 heteroatoms. The van der Waals surface area contributed by atoms with Crippen LogP contribution in [0.4, 0.5) is 4.39 Å². The van der Waals surface area contributed by atoms with Gasteiger partial charge in [-0.25, -0.2) is 14.2 Å². The zero-order valence-corrected chi connectivity index (χ0v) is 9.53. The molecule has 0 aliphatic rings. The van der Waals surface area contributed by atoms with Crippen molar-refractivity contribution in [3.63, 3.8) is 0 Å². The maximum atomic E-state index is 13.1. The van der Waals surface area contributed by atoms with Gasteiger partial charge in [-0.1, -0.05) is 0 Å². The Morgan fingerprint density at radius 3 is 3.00 bits per heavy atom. The average Bonchev–Trinajstić information content (AvgIpc) is 2.74. The molecule has 2 aromatic heterocycles. The van der Waals surface area contributed by atoms with Gasteiger partial charge >= 0.3 is 5.69 Å². The number of fused-ring (bicyclic) bond motifs is 1. The van der Waals surface area contributed by atoms with Crippen molar-refractivity contribution in [1.82, 2.24) is 9.97 Å². The summed E-state index contributed by atoms with van der Waals surface area (Å²) in [6.45, 7) is 1.81. The van der Waals surface area contributed by atoms with Gasteiger partial charge in [0.25, 0.3) is 0 Å². The van der Waals surface area contributed by atoms with Gasteiger partial charge in [-0.15, -0.1) is 0 Å². The Bertz CT molecular complexity index is 789. The van der Waals surface area contributed by atoms with Gasteiger partial charge in [0.15, 0.2) is 5.76 Å². The Balaban J connectivity index is 2.25. The first kappa shape index (κ1) is 10.7. The number of halogens is 1. The predicted octanol–water partition coefficient (Wildman–Crippen LogP) is 2.63. The summed E-state index contributed by atoms with van der Waals surface area (Å²) < 4.78 is 18.7. The fourth-order valence-electron chi connectivity index (χ4n) is 1.85. The van der Waals surface area contributed by atoms with Crippen LogP contribution in [0.25, 0.3) is 22.4 Å². The molecule has 0 spiro atoms. The summed E-state index contributed by atoms with van der Waals surface area (Å²) in [5.74, 6) is 0.169. The van der Waals surface area contributed by atoms with E-state index in [-0.39, 0.29) is 5.82 Å². The summed E-state index contributed by atoms with van der Waals surface area (Å²) in [4.78, 5) is 17.5. The van der Waals surface area contributed by atoms with Crippen molar-refractivity contribution in [2.24, 2.45) is 0 Å². The highest BCUT2D eigenvalue weighted by Gasteiger charge is 2.10. The third kappa shape index (κ3) is 1.69. The van der Waals surface area contributed by atoms with Crippen LogP contribution in [0.15, 0.2) is 39.7 Å². The van der Waals surface area contributed by atoms with Crippen molar-refractivity contribution in [2.75, 3.05) is 0 Å². The summed E-state index contributed by atoms with van der Waals surface area (Å²) in [6.07, 6.45) is 1.47. The van der Waals surface area contributed by atoms with E-state index in [4.69, 9.17) is 4.42 Å². The molecule has 0 fully saturated rings. The quantitative estimate of drug-likeness (QED) is 0.715. The van der Waals surface area contributed by atoms with Crippen LogP contribution < -0.4 is 5.69 Å². The molecular formula is C13H9FN2O2. The largest absolute Gasteiger partial charge is 0.455 e. The van der Waals surface area contributed by atoms with E-state index >= 15 is 0 Å². The number of benzene rings is 1. The first-order chi connectivity index (χ1) is 8.63. The average molecular weight is 244 g/mol. The molecule has 0 saturated heterocycles. The second-order valence-electron chi connectivity index (χ2n) is 4.04. The molecule has 4 nitrogen and oxygen atoms in total. The first-order valence-corrected chi connectivity index (χ1v) is 5.39. The third-order valence-electron chi connectivity index (χ3n) is 2.73. The van der Waals surface area contributed by atoms with Crippen LogP contribution in [0, 0.1) is 12.7 Å². The fourth-order valence-corrected chi connectivity index (χ4v) is 1.85. The van der Waals surface area contributed by atoms with Crippen molar-refractivity contribution in [2.45, 2.75) is 6.92 Å². The van der Waals surface area contributed by atoms with Crippen LogP contribution in [0.5, 0.6) is 0 Å². The van der Waals surface area contributed by atoms with Gasteiger partial charge in [0.05, 0.1) is 5.69 Å². The van der Waals surface area contributed by atoms with Crippen LogP contribution in [0.2, 0.25) is 0 Å². The predicted molar refractivity (Wildman–Crippen MR) is 64.8 cm³/mol. The molecule has 0 bridgehead atoms. The van der Waals surface area contributed by atoms with E-state index in [9.17, 15) is 9.18 Å². The minimum atomic E-state index is -0.442.